The fraction of sp³-hybridized carbons (Fsp3) is 0.500. The monoisotopic (exact) mass is 207 g/mol. The maximum Gasteiger partial charge on any atom is 0.0942 e. The molecule has 0 aromatic heterocycles. The minimum Gasteiger partial charge on any atom is -0.394 e. The van der Waals surface area contributed by atoms with Crippen molar-refractivity contribution in [2.75, 3.05) is 18.5 Å². The highest BCUT2D eigenvalue weighted by atomic mass is 16.3. The average Bonchev–Trinajstić information content (AvgIpc) is 3.10. The lowest BCUT2D eigenvalue weighted by Gasteiger charge is -2.10. The molecule has 1 saturated carbocycles. The topological polar surface area (TPSA) is 52.5 Å². The molecule has 0 radical (unpaired) electrons. The Kier molecular flexibility index (Phi) is 3.23. The maximum atomic E-state index is 9.16. The molecule has 1 aromatic carbocycles. The third kappa shape index (κ3) is 2.94. The Morgan fingerprint density at radius 2 is 1.93 bits per heavy atom. The van der Waals surface area contributed by atoms with E-state index in [2.05, 4.69) is 17.4 Å². The maximum absolute atomic E-state index is 9.16. The highest BCUT2D eigenvalue weighted by Gasteiger charge is 2.22. The van der Waals surface area contributed by atoms with Gasteiger partial charge in [0.25, 0.3) is 0 Å². The molecule has 1 aliphatic rings. The van der Waals surface area contributed by atoms with Crippen LogP contribution < -0.4 is 5.32 Å². The molecule has 3 nitrogen and oxygen atoms in total. The van der Waals surface area contributed by atoms with E-state index in [4.69, 9.17) is 10.2 Å². The molecule has 1 unspecified atom stereocenters. The first kappa shape index (κ1) is 10.5. The molecule has 0 amide bonds. The van der Waals surface area contributed by atoms with Gasteiger partial charge in [-0.25, -0.2) is 0 Å². The highest BCUT2D eigenvalue weighted by molar-refractivity contribution is 5.45. The normalized spacial score (nSPS) is 17.5. The summed E-state index contributed by atoms with van der Waals surface area (Å²) >= 11 is 0. The molecule has 2 rings (SSSR count). The molecule has 0 aliphatic heterocycles. The van der Waals surface area contributed by atoms with Crippen molar-refractivity contribution in [2.24, 2.45) is 0 Å². The van der Waals surface area contributed by atoms with Crippen molar-refractivity contribution in [3.63, 3.8) is 0 Å². The van der Waals surface area contributed by atoms with Crippen LogP contribution in [0.15, 0.2) is 24.3 Å². The molecule has 1 atom stereocenters. The van der Waals surface area contributed by atoms with Crippen molar-refractivity contribution in [1.29, 1.82) is 0 Å². The van der Waals surface area contributed by atoms with Crippen LogP contribution in [0.3, 0.4) is 0 Å². The van der Waals surface area contributed by atoms with Crippen LogP contribution in [0.5, 0.6) is 0 Å². The second-order valence-electron chi connectivity index (χ2n) is 4.11. The summed E-state index contributed by atoms with van der Waals surface area (Å²) < 4.78 is 0. The molecule has 1 aliphatic carbocycles. The van der Waals surface area contributed by atoms with E-state index in [0.29, 0.717) is 6.54 Å². The quantitative estimate of drug-likeness (QED) is 0.682. The zero-order chi connectivity index (χ0) is 10.7. The van der Waals surface area contributed by atoms with Gasteiger partial charge in [-0.2, -0.15) is 0 Å². The Morgan fingerprint density at radius 1 is 1.27 bits per heavy atom. The van der Waals surface area contributed by atoms with E-state index < -0.39 is 6.10 Å². The molecule has 0 saturated heterocycles. The number of hydrogen-bond acceptors (Lipinski definition) is 3. The van der Waals surface area contributed by atoms with Crippen LogP contribution in [0.1, 0.15) is 24.3 Å². The van der Waals surface area contributed by atoms with Crippen LogP contribution in [0.2, 0.25) is 0 Å². The molecule has 0 spiro atoms. The largest absolute Gasteiger partial charge is 0.394 e. The zero-order valence-corrected chi connectivity index (χ0v) is 8.69. The van der Waals surface area contributed by atoms with E-state index in [9.17, 15) is 0 Å². The lowest BCUT2D eigenvalue weighted by Crippen LogP contribution is -2.22. The van der Waals surface area contributed by atoms with Gasteiger partial charge in [-0.1, -0.05) is 12.1 Å². The van der Waals surface area contributed by atoms with Crippen molar-refractivity contribution < 1.29 is 10.2 Å². The van der Waals surface area contributed by atoms with Gasteiger partial charge in [0.1, 0.15) is 0 Å². The van der Waals surface area contributed by atoms with Crippen LogP contribution in [0.4, 0.5) is 5.69 Å². The molecule has 15 heavy (non-hydrogen) atoms. The smallest absolute Gasteiger partial charge is 0.0942 e. The van der Waals surface area contributed by atoms with Crippen molar-refractivity contribution >= 4 is 5.69 Å². The number of rotatable bonds is 5. The van der Waals surface area contributed by atoms with Gasteiger partial charge in [-0.3, -0.25) is 0 Å². The van der Waals surface area contributed by atoms with Crippen molar-refractivity contribution in [1.82, 2.24) is 0 Å². The number of nitrogens with one attached hydrogen (secondary N) is 1. The summed E-state index contributed by atoms with van der Waals surface area (Å²) in [4.78, 5) is 0. The van der Waals surface area contributed by atoms with Gasteiger partial charge in [-0.15, -0.1) is 0 Å². The second-order valence-corrected chi connectivity index (χ2v) is 4.11. The second kappa shape index (κ2) is 4.64. The van der Waals surface area contributed by atoms with Crippen LogP contribution in [-0.4, -0.2) is 29.5 Å². The van der Waals surface area contributed by atoms with E-state index in [0.717, 1.165) is 11.6 Å². The molecular formula is C12H17NO2. The number of hydrogen-bond donors (Lipinski definition) is 3. The molecule has 3 heteroatoms. The number of benzene rings is 1. The number of anilines is 1. The van der Waals surface area contributed by atoms with Crippen molar-refractivity contribution in [2.45, 2.75) is 24.9 Å². The lowest BCUT2D eigenvalue weighted by atomic mass is 10.1. The van der Waals surface area contributed by atoms with Gasteiger partial charge in [0.05, 0.1) is 12.7 Å². The summed E-state index contributed by atoms with van der Waals surface area (Å²) in [5.74, 6) is 0.780. The van der Waals surface area contributed by atoms with E-state index in [1.54, 1.807) is 0 Å². The van der Waals surface area contributed by atoms with Gasteiger partial charge < -0.3 is 15.5 Å². The summed E-state index contributed by atoms with van der Waals surface area (Å²) in [7, 11) is 0. The van der Waals surface area contributed by atoms with Crippen LogP contribution in [-0.2, 0) is 0 Å². The Balaban J connectivity index is 1.86. The van der Waals surface area contributed by atoms with Crippen molar-refractivity contribution in [3.8, 4) is 0 Å². The summed E-state index contributed by atoms with van der Waals surface area (Å²) in [6.07, 6.45) is 1.94. The van der Waals surface area contributed by atoms with E-state index in [1.807, 2.05) is 12.1 Å². The summed E-state index contributed by atoms with van der Waals surface area (Å²) in [5, 5.41) is 20.9. The first-order chi connectivity index (χ1) is 7.29. The van der Waals surface area contributed by atoms with Gasteiger partial charge in [-0.05, 0) is 36.5 Å². The van der Waals surface area contributed by atoms with Gasteiger partial charge in [0, 0.05) is 12.2 Å². The van der Waals surface area contributed by atoms with Crippen LogP contribution in [0.25, 0.3) is 0 Å². The number of aliphatic hydroxyl groups is 2. The third-order valence-corrected chi connectivity index (χ3v) is 2.71. The molecule has 82 valence electrons. The fourth-order valence-electron chi connectivity index (χ4n) is 1.59. The molecule has 0 bridgehead atoms. The Hall–Kier alpha value is -1.06. The van der Waals surface area contributed by atoms with E-state index in [-0.39, 0.29) is 6.61 Å². The predicted octanol–water partition coefficient (Wildman–Crippen LogP) is 1.33. The minimum atomic E-state index is -0.687. The molecule has 3 N–H and O–H groups in total. The Bertz CT molecular complexity index is 306. The average molecular weight is 207 g/mol. The predicted molar refractivity (Wildman–Crippen MR) is 60.0 cm³/mol. The van der Waals surface area contributed by atoms with Crippen LogP contribution >= 0.6 is 0 Å². The Morgan fingerprint density at radius 3 is 2.47 bits per heavy atom. The van der Waals surface area contributed by atoms with Crippen LogP contribution in [0, 0.1) is 0 Å². The molecule has 1 fully saturated rings. The fourth-order valence-corrected chi connectivity index (χ4v) is 1.59. The first-order valence-electron chi connectivity index (χ1n) is 5.42. The van der Waals surface area contributed by atoms with E-state index >= 15 is 0 Å². The lowest BCUT2D eigenvalue weighted by molar-refractivity contribution is 0.105. The van der Waals surface area contributed by atoms with Gasteiger partial charge >= 0.3 is 0 Å². The summed E-state index contributed by atoms with van der Waals surface area (Å²) in [6, 6.07) is 8.31. The standard InChI is InChI=1S/C12H17NO2/c14-8-12(15)7-13-11-5-3-10(4-6-11)9-1-2-9/h3-6,9,12-15H,1-2,7-8H2. The Labute approximate surface area is 89.8 Å². The molecular weight excluding hydrogens is 190 g/mol. The molecule has 1 aromatic rings. The SMILES string of the molecule is OCC(O)CNc1ccc(C2CC2)cc1. The summed E-state index contributed by atoms with van der Waals surface area (Å²) in [5.41, 5.74) is 2.40. The van der Waals surface area contributed by atoms with Gasteiger partial charge in [0.15, 0.2) is 0 Å². The zero-order valence-electron chi connectivity index (χ0n) is 8.69. The minimum absolute atomic E-state index is 0.201. The van der Waals surface area contributed by atoms with Crippen molar-refractivity contribution in [3.05, 3.63) is 29.8 Å². The third-order valence-electron chi connectivity index (χ3n) is 2.71. The first-order valence-corrected chi connectivity index (χ1v) is 5.42. The highest BCUT2D eigenvalue weighted by Crippen LogP contribution is 2.40. The van der Waals surface area contributed by atoms with Gasteiger partial charge in [0.2, 0.25) is 0 Å². The summed E-state index contributed by atoms with van der Waals surface area (Å²) in [6.45, 7) is 0.187. The van der Waals surface area contributed by atoms with E-state index in [1.165, 1.54) is 18.4 Å². The molecule has 0 heterocycles. The number of aliphatic hydroxyl groups excluding tert-OH is 2.